The smallest absolute Gasteiger partial charge is 0.247 e. The molecule has 0 aromatic heterocycles. The number of nitrogens with one attached hydrogen (secondary N) is 2. The highest BCUT2D eigenvalue weighted by Gasteiger charge is 2.20. The third-order valence-corrected chi connectivity index (χ3v) is 2.05. The van der Waals surface area contributed by atoms with Gasteiger partial charge in [-0.15, -0.1) is 0 Å². The van der Waals surface area contributed by atoms with Crippen molar-refractivity contribution in [2.45, 2.75) is 12.8 Å². The summed E-state index contributed by atoms with van der Waals surface area (Å²) >= 11 is 0. The first-order valence-electron chi connectivity index (χ1n) is 4.61. The van der Waals surface area contributed by atoms with Crippen molar-refractivity contribution in [2.24, 2.45) is 11.7 Å². The van der Waals surface area contributed by atoms with Crippen LogP contribution < -0.4 is 16.5 Å². The van der Waals surface area contributed by atoms with Gasteiger partial charge >= 0.3 is 0 Å². The van der Waals surface area contributed by atoms with Crippen molar-refractivity contribution in [1.82, 2.24) is 10.8 Å². The van der Waals surface area contributed by atoms with E-state index in [2.05, 4.69) is 15.6 Å². The highest BCUT2D eigenvalue weighted by atomic mass is 16.7. The van der Waals surface area contributed by atoms with Crippen molar-refractivity contribution in [1.29, 1.82) is 0 Å². The van der Waals surface area contributed by atoms with Gasteiger partial charge in [0.1, 0.15) is 0 Å². The Balaban J connectivity index is 2.16. The Morgan fingerprint density at radius 2 is 2.36 bits per heavy atom. The van der Waals surface area contributed by atoms with E-state index >= 15 is 0 Å². The molecule has 0 aromatic rings. The van der Waals surface area contributed by atoms with Crippen LogP contribution in [0.15, 0.2) is 0 Å². The lowest BCUT2D eigenvalue weighted by atomic mass is 9.99. The monoisotopic (exact) mass is 201 g/mol. The maximum absolute atomic E-state index is 11.4. The van der Waals surface area contributed by atoms with Crippen molar-refractivity contribution in [3.63, 3.8) is 0 Å². The van der Waals surface area contributed by atoms with E-state index in [0.29, 0.717) is 6.54 Å². The Kier molecular flexibility index (Phi) is 4.34. The van der Waals surface area contributed by atoms with Gasteiger partial charge in [-0.05, 0) is 19.4 Å². The lowest BCUT2D eigenvalue weighted by Crippen LogP contribution is -2.41. The molecule has 1 heterocycles. The fourth-order valence-corrected chi connectivity index (χ4v) is 1.34. The van der Waals surface area contributed by atoms with Gasteiger partial charge < -0.3 is 11.1 Å². The van der Waals surface area contributed by atoms with Gasteiger partial charge in [0, 0.05) is 6.54 Å². The second-order valence-corrected chi connectivity index (χ2v) is 3.26. The maximum Gasteiger partial charge on any atom is 0.247 e. The Labute approximate surface area is 82.1 Å². The summed E-state index contributed by atoms with van der Waals surface area (Å²) in [6, 6.07) is 0. The number of hydroxylamine groups is 1. The molecule has 0 bridgehead atoms. The number of rotatable bonds is 4. The molecule has 4 N–H and O–H groups in total. The van der Waals surface area contributed by atoms with Gasteiger partial charge in [0.2, 0.25) is 11.8 Å². The fourth-order valence-electron chi connectivity index (χ4n) is 1.34. The molecule has 1 atom stereocenters. The van der Waals surface area contributed by atoms with Crippen molar-refractivity contribution in [3.8, 4) is 0 Å². The van der Waals surface area contributed by atoms with Crippen molar-refractivity contribution in [3.05, 3.63) is 0 Å². The predicted octanol–water partition coefficient (Wildman–Crippen LogP) is -1.48. The van der Waals surface area contributed by atoms with E-state index < -0.39 is 5.91 Å². The lowest BCUT2D eigenvalue weighted by molar-refractivity contribution is -0.141. The molecule has 2 amide bonds. The number of hydrogen-bond acceptors (Lipinski definition) is 4. The van der Waals surface area contributed by atoms with Gasteiger partial charge in [0.25, 0.3) is 0 Å². The molecule has 0 spiro atoms. The van der Waals surface area contributed by atoms with Gasteiger partial charge in [-0.25, -0.2) is 5.48 Å². The van der Waals surface area contributed by atoms with Gasteiger partial charge in [-0.3, -0.25) is 14.4 Å². The Bertz CT molecular complexity index is 214. The second kappa shape index (κ2) is 5.56. The molecule has 0 saturated carbocycles. The summed E-state index contributed by atoms with van der Waals surface area (Å²) in [5.74, 6) is -0.873. The number of nitrogens with two attached hydrogens (primary N) is 1. The molecule has 1 rings (SSSR count). The van der Waals surface area contributed by atoms with E-state index in [4.69, 9.17) is 5.73 Å². The lowest BCUT2D eigenvalue weighted by Gasteiger charge is -2.21. The standard InChI is InChI=1S/C8H15N3O3/c9-7(12)5-14-11-8(13)6-2-1-3-10-4-6/h6,10H,1-5H2,(H2,9,12)(H,11,13). The molecule has 14 heavy (non-hydrogen) atoms. The van der Waals surface area contributed by atoms with Crippen molar-refractivity contribution in [2.75, 3.05) is 19.7 Å². The van der Waals surface area contributed by atoms with Crippen LogP contribution in [-0.4, -0.2) is 31.5 Å². The highest BCUT2D eigenvalue weighted by molar-refractivity contribution is 5.78. The molecule has 1 aliphatic heterocycles. The molecule has 1 fully saturated rings. The molecular weight excluding hydrogens is 186 g/mol. The van der Waals surface area contributed by atoms with Crippen LogP contribution in [0.3, 0.4) is 0 Å². The van der Waals surface area contributed by atoms with Gasteiger partial charge in [0.15, 0.2) is 6.61 Å². The quantitative estimate of drug-likeness (QED) is 0.483. The van der Waals surface area contributed by atoms with Gasteiger partial charge in [0.05, 0.1) is 5.92 Å². The second-order valence-electron chi connectivity index (χ2n) is 3.26. The minimum atomic E-state index is -0.605. The highest BCUT2D eigenvalue weighted by Crippen LogP contribution is 2.09. The zero-order chi connectivity index (χ0) is 10.4. The fraction of sp³-hybridized carbons (Fsp3) is 0.750. The number of carbonyl (C=O) groups is 2. The first kappa shape index (κ1) is 10.9. The van der Waals surface area contributed by atoms with E-state index in [0.717, 1.165) is 19.4 Å². The van der Waals surface area contributed by atoms with E-state index in [1.54, 1.807) is 0 Å². The molecule has 1 unspecified atom stereocenters. The number of carbonyl (C=O) groups excluding carboxylic acids is 2. The SMILES string of the molecule is NC(=O)CONC(=O)C1CCCNC1. The Hall–Kier alpha value is -1.14. The first-order chi connectivity index (χ1) is 6.70. The number of hydrogen-bond donors (Lipinski definition) is 3. The van der Waals surface area contributed by atoms with E-state index in [1.807, 2.05) is 0 Å². The summed E-state index contributed by atoms with van der Waals surface area (Å²) in [6.07, 6.45) is 1.83. The van der Waals surface area contributed by atoms with Crippen LogP contribution in [0.5, 0.6) is 0 Å². The Morgan fingerprint density at radius 3 is 2.93 bits per heavy atom. The van der Waals surface area contributed by atoms with Crippen LogP contribution in [0.2, 0.25) is 0 Å². The van der Waals surface area contributed by atoms with Crippen LogP contribution in [0.25, 0.3) is 0 Å². The molecule has 0 radical (unpaired) electrons. The summed E-state index contributed by atoms with van der Waals surface area (Å²) in [5.41, 5.74) is 7.03. The third-order valence-electron chi connectivity index (χ3n) is 2.05. The molecule has 0 aliphatic carbocycles. The summed E-state index contributed by atoms with van der Waals surface area (Å²) in [4.78, 5) is 26.3. The summed E-state index contributed by atoms with van der Waals surface area (Å²) < 4.78 is 0. The minimum Gasteiger partial charge on any atom is -0.368 e. The zero-order valence-electron chi connectivity index (χ0n) is 7.91. The molecule has 0 aromatic carbocycles. The average Bonchev–Trinajstić information content (AvgIpc) is 2.18. The average molecular weight is 201 g/mol. The first-order valence-corrected chi connectivity index (χ1v) is 4.61. The van der Waals surface area contributed by atoms with E-state index in [9.17, 15) is 9.59 Å². The van der Waals surface area contributed by atoms with Crippen LogP contribution >= 0.6 is 0 Å². The molecule has 6 nitrogen and oxygen atoms in total. The summed E-state index contributed by atoms with van der Waals surface area (Å²) in [6.45, 7) is 1.32. The third kappa shape index (κ3) is 3.71. The van der Waals surface area contributed by atoms with E-state index in [-0.39, 0.29) is 18.4 Å². The van der Waals surface area contributed by atoms with Crippen molar-refractivity contribution >= 4 is 11.8 Å². The van der Waals surface area contributed by atoms with Gasteiger partial charge in [-0.2, -0.15) is 0 Å². The molecule has 6 heteroatoms. The molecular formula is C8H15N3O3. The van der Waals surface area contributed by atoms with Gasteiger partial charge in [-0.1, -0.05) is 0 Å². The number of amides is 2. The molecule has 1 saturated heterocycles. The normalized spacial score (nSPS) is 21.6. The predicted molar refractivity (Wildman–Crippen MR) is 48.9 cm³/mol. The molecule has 1 aliphatic rings. The van der Waals surface area contributed by atoms with Crippen LogP contribution in [0.4, 0.5) is 0 Å². The topological polar surface area (TPSA) is 93.5 Å². The number of piperidine rings is 1. The summed E-state index contributed by atoms with van der Waals surface area (Å²) in [7, 11) is 0. The van der Waals surface area contributed by atoms with E-state index in [1.165, 1.54) is 0 Å². The molecule has 80 valence electrons. The van der Waals surface area contributed by atoms with Crippen LogP contribution in [-0.2, 0) is 14.4 Å². The van der Waals surface area contributed by atoms with Crippen molar-refractivity contribution < 1.29 is 14.4 Å². The number of primary amides is 1. The Morgan fingerprint density at radius 1 is 1.57 bits per heavy atom. The summed E-state index contributed by atoms with van der Waals surface area (Å²) in [5, 5.41) is 3.11. The largest absolute Gasteiger partial charge is 0.368 e. The maximum atomic E-state index is 11.4. The van der Waals surface area contributed by atoms with Crippen LogP contribution in [0.1, 0.15) is 12.8 Å². The van der Waals surface area contributed by atoms with Crippen LogP contribution in [0, 0.1) is 5.92 Å². The minimum absolute atomic E-state index is 0.0726. The zero-order valence-corrected chi connectivity index (χ0v) is 7.91.